The molecule has 0 aliphatic carbocycles. The minimum atomic E-state index is -0.207. The molecule has 112 valence electrons. The first kappa shape index (κ1) is 15.3. The molecule has 0 saturated carbocycles. The van der Waals surface area contributed by atoms with Crippen LogP contribution in [0.15, 0.2) is 41.2 Å². The second-order valence-electron chi connectivity index (χ2n) is 5.01. The van der Waals surface area contributed by atoms with Crippen LogP contribution in [0, 0.1) is 6.92 Å². The van der Waals surface area contributed by atoms with Crippen molar-refractivity contribution in [3.05, 3.63) is 63.6 Å². The molecule has 0 atom stereocenters. The SMILES string of the molecule is CCCn1c(C)cc(=O)c(OCc2ccccc2)c1CO. The van der Waals surface area contributed by atoms with E-state index >= 15 is 0 Å². The molecule has 0 unspecified atom stereocenters. The smallest absolute Gasteiger partial charge is 0.224 e. The van der Waals surface area contributed by atoms with E-state index in [-0.39, 0.29) is 17.8 Å². The van der Waals surface area contributed by atoms with Gasteiger partial charge >= 0.3 is 0 Å². The van der Waals surface area contributed by atoms with Crippen LogP contribution < -0.4 is 10.2 Å². The number of ether oxygens (including phenoxy) is 1. The fourth-order valence-electron chi connectivity index (χ4n) is 2.39. The molecule has 0 spiro atoms. The van der Waals surface area contributed by atoms with Crippen molar-refractivity contribution < 1.29 is 9.84 Å². The summed E-state index contributed by atoms with van der Waals surface area (Å²) < 4.78 is 7.64. The van der Waals surface area contributed by atoms with Gasteiger partial charge in [-0.1, -0.05) is 37.3 Å². The Hall–Kier alpha value is -2.07. The molecule has 1 N–H and O–H groups in total. The molecule has 0 aliphatic rings. The second-order valence-corrected chi connectivity index (χ2v) is 5.01. The molecule has 0 bridgehead atoms. The summed E-state index contributed by atoms with van der Waals surface area (Å²) in [6, 6.07) is 11.2. The normalized spacial score (nSPS) is 10.6. The molecule has 1 heterocycles. The number of rotatable bonds is 6. The van der Waals surface area contributed by atoms with Gasteiger partial charge in [-0.3, -0.25) is 4.79 Å². The van der Waals surface area contributed by atoms with Crippen molar-refractivity contribution >= 4 is 0 Å². The van der Waals surface area contributed by atoms with E-state index in [0.717, 1.165) is 24.2 Å². The lowest BCUT2D eigenvalue weighted by Gasteiger charge is -2.18. The fourth-order valence-corrected chi connectivity index (χ4v) is 2.39. The first-order chi connectivity index (χ1) is 10.2. The van der Waals surface area contributed by atoms with Crippen LogP contribution in [0.4, 0.5) is 0 Å². The van der Waals surface area contributed by atoms with Gasteiger partial charge in [-0.25, -0.2) is 0 Å². The Morgan fingerprint density at radius 1 is 1.24 bits per heavy atom. The van der Waals surface area contributed by atoms with Gasteiger partial charge in [-0.05, 0) is 18.9 Å². The molecule has 2 rings (SSSR count). The largest absolute Gasteiger partial charge is 0.483 e. The predicted molar refractivity (Wildman–Crippen MR) is 82.4 cm³/mol. The van der Waals surface area contributed by atoms with Crippen molar-refractivity contribution in [3.8, 4) is 5.75 Å². The van der Waals surface area contributed by atoms with E-state index in [9.17, 15) is 9.90 Å². The van der Waals surface area contributed by atoms with Gasteiger partial charge in [-0.2, -0.15) is 0 Å². The highest BCUT2D eigenvalue weighted by Crippen LogP contribution is 2.18. The van der Waals surface area contributed by atoms with Crippen LogP contribution in [0.1, 0.15) is 30.3 Å². The van der Waals surface area contributed by atoms with E-state index < -0.39 is 0 Å². The highest BCUT2D eigenvalue weighted by molar-refractivity contribution is 5.31. The maximum atomic E-state index is 12.1. The van der Waals surface area contributed by atoms with Crippen molar-refractivity contribution in [1.29, 1.82) is 0 Å². The summed E-state index contributed by atoms with van der Waals surface area (Å²) in [7, 11) is 0. The Morgan fingerprint density at radius 3 is 2.57 bits per heavy atom. The average Bonchev–Trinajstić information content (AvgIpc) is 2.49. The number of aryl methyl sites for hydroxylation is 1. The lowest BCUT2D eigenvalue weighted by molar-refractivity contribution is 0.243. The molecule has 0 fully saturated rings. The lowest BCUT2D eigenvalue weighted by Crippen LogP contribution is -2.19. The fraction of sp³-hybridized carbons (Fsp3) is 0.353. The monoisotopic (exact) mass is 287 g/mol. The molecule has 1 aromatic carbocycles. The first-order valence-electron chi connectivity index (χ1n) is 7.18. The number of hydrogen-bond donors (Lipinski definition) is 1. The van der Waals surface area contributed by atoms with E-state index in [1.807, 2.05) is 41.8 Å². The summed E-state index contributed by atoms with van der Waals surface area (Å²) in [5, 5.41) is 9.63. The number of aromatic nitrogens is 1. The van der Waals surface area contributed by atoms with Crippen LogP contribution in [0.25, 0.3) is 0 Å². The summed E-state index contributed by atoms with van der Waals surface area (Å²) in [6.45, 7) is 4.80. The first-order valence-corrected chi connectivity index (χ1v) is 7.18. The summed E-state index contributed by atoms with van der Waals surface area (Å²) >= 11 is 0. The standard InChI is InChI=1S/C17H21NO3/c1-3-9-18-13(2)10-16(20)17(15(18)11-19)21-12-14-7-5-4-6-8-14/h4-8,10,19H,3,9,11-12H2,1-2H3. The number of hydrogen-bond acceptors (Lipinski definition) is 3. The highest BCUT2D eigenvalue weighted by atomic mass is 16.5. The zero-order chi connectivity index (χ0) is 15.2. The molecule has 2 aromatic rings. The number of benzene rings is 1. The van der Waals surface area contributed by atoms with E-state index in [2.05, 4.69) is 6.92 Å². The lowest BCUT2D eigenvalue weighted by atomic mass is 10.2. The van der Waals surface area contributed by atoms with E-state index in [0.29, 0.717) is 12.3 Å². The van der Waals surface area contributed by atoms with E-state index in [1.54, 1.807) is 6.07 Å². The van der Waals surface area contributed by atoms with Crippen LogP contribution in [-0.2, 0) is 19.8 Å². The molecule has 4 nitrogen and oxygen atoms in total. The number of nitrogens with zero attached hydrogens (tertiary/aromatic N) is 1. The number of aliphatic hydroxyl groups excluding tert-OH is 1. The zero-order valence-corrected chi connectivity index (χ0v) is 12.5. The number of pyridine rings is 1. The Balaban J connectivity index is 2.33. The molecule has 4 heteroatoms. The maximum absolute atomic E-state index is 12.1. The van der Waals surface area contributed by atoms with Crippen LogP contribution in [0.2, 0.25) is 0 Å². The van der Waals surface area contributed by atoms with Crippen LogP contribution in [0.5, 0.6) is 5.75 Å². The van der Waals surface area contributed by atoms with Gasteiger partial charge in [0.05, 0.1) is 12.3 Å². The summed E-state index contributed by atoms with van der Waals surface area (Å²) in [4.78, 5) is 12.1. The van der Waals surface area contributed by atoms with Crippen LogP contribution >= 0.6 is 0 Å². The van der Waals surface area contributed by atoms with Crippen LogP contribution in [-0.4, -0.2) is 9.67 Å². The van der Waals surface area contributed by atoms with Gasteiger partial charge in [-0.15, -0.1) is 0 Å². The zero-order valence-electron chi connectivity index (χ0n) is 12.5. The Kier molecular flexibility index (Phi) is 5.17. The maximum Gasteiger partial charge on any atom is 0.224 e. The van der Waals surface area contributed by atoms with Gasteiger partial charge in [0.1, 0.15) is 6.61 Å². The van der Waals surface area contributed by atoms with Gasteiger partial charge in [0.25, 0.3) is 0 Å². The third-order valence-electron chi connectivity index (χ3n) is 3.40. The Morgan fingerprint density at radius 2 is 1.95 bits per heavy atom. The highest BCUT2D eigenvalue weighted by Gasteiger charge is 2.14. The summed E-state index contributed by atoms with van der Waals surface area (Å²) in [6.07, 6.45) is 0.925. The summed E-state index contributed by atoms with van der Waals surface area (Å²) in [5.74, 6) is 0.250. The second kappa shape index (κ2) is 7.09. The Labute approximate surface area is 124 Å². The molecule has 0 aliphatic heterocycles. The van der Waals surface area contributed by atoms with E-state index in [1.165, 1.54) is 0 Å². The van der Waals surface area contributed by atoms with Crippen molar-refractivity contribution in [1.82, 2.24) is 4.57 Å². The molecule has 0 amide bonds. The quantitative estimate of drug-likeness (QED) is 0.888. The Bertz CT molecular complexity index is 647. The van der Waals surface area contributed by atoms with Crippen molar-refractivity contribution in [2.45, 2.75) is 40.0 Å². The number of aliphatic hydroxyl groups is 1. The van der Waals surface area contributed by atoms with Gasteiger partial charge in [0.2, 0.25) is 5.43 Å². The van der Waals surface area contributed by atoms with Gasteiger partial charge < -0.3 is 14.4 Å². The molecular weight excluding hydrogens is 266 g/mol. The van der Waals surface area contributed by atoms with Crippen molar-refractivity contribution in [2.24, 2.45) is 0 Å². The summed E-state index contributed by atoms with van der Waals surface area (Å²) in [5.41, 5.74) is 2.21. The van der Waals surface area contributed by atoms with Crippen molar-refractivity contribution in [2.75, 3.05) is 0 Å². The molecule has 1 aromatic heterocycles. The molecular formula is C17H21NO3. The third-order valence-corrected chi connectivity index (χ3v) is 3.40. The third kappa shape index (κ3) is 3.52. The van der Waals surface area contributed by atoms with Gasteiger partial charge in [0, 0.05) is 18.3 Å². The minimum absolute atomic E-state index is 0.181. The topological polar surface area (TPSA) is 51.5 Å². The molecule has 0 saturated heterocycles. The minimum Gasteiger partial charge on any atom is -0.483 e. The van der Waals surface area contributed by atoms with E-state index in [4.69, 9.17) is 4.74 Å². The predicted octanol–water partition coefficient (Wildman–Crippen LogP) is 2.64. The average molecular weight is 287 g/mol. The molecule has 21 heavy (non-hydrogen) atoms. The van der Waals surface area contributed by atoms with Gasteiger partial charge in [0.15, 0.2) is 5.75 Å². The van der Waals surface area contributed by atoms with Crippen molar-refractivity contribution in [3.63, 3.8) is 0 Å². The molecule has 0 radical (unpaired) electrons. The van der Waals surface area contributed by atoms with Crippen LogP contribution in [0.3, 0.4) is 0 Å².